The summed E-state index contributed by atoms with van der Waals surface area (Å²) in [5.74, 6) is 0.0233. The molecule has 0 saturated heterocycles. The van der Waals surface area contributed by atoms with Crippen molar-refractivity contribution in [1.82, 2.24) is 0 Å². The molecular formula is C9H9F3INS. The fourth-order valence-electron chi connectivity index (χ4n) is 0.930. The molecule has 0 heterocycles. The Labute approximate surface area is 104 Å². The smallest absolute Gasteiger partial charge is 0.384 e. The van der Waals surface area contributed by atoms with E-state index in [1.54, 1.807) is 0 Å². The minimum Gasteiger partial charge on any atom is -0.384 e. The summed E-state index contributed by atoms with van der Waals surface area (Å²) in [7, 11) is 0. The van der Waals surface area contributed by atoms with E-state index in [0.717, 1.165) is 9.26 Å². The van der Waals surface area contributed by atoms with Crippen molar-refractivity contribution in [1.29, 1.82) is 0 Å². The Morgan fingerprint density at radius 2 is 1.80 bits per heavy atom. The fraction of sp³-hybridized carbons (Fsp3) is 0.333. The highest BCUT2D eigenvalue weighted by Crippen LogP contribution is 2.29. The minimum absolute atomic E-state index is 0.00802. The molecule has 0 aliphatic heterocycles. The van der Waals surface area contributed by atoms with E-state index < -0.39 is 5.51 Å². The molecule has 0 bridgehead atoms. The van der Waals surface area contributed by atoms with E-state index in [2.05, 4.69) is 27.9 Å². The van der Waals surface area contributed by atoms with Gasteiger partial charge in [0.1, 0.15) is 0 Å². The van der Waals surface area contributed by atoms with Crippen LogP contribution in [0.3, 0.4) is 0 Å². The maximum absolute atomic E-state index is 11.8. The summed E-state index contributed by atoms with van der Waals surface area (Å²) < 4.78 is 36.4. The van der Waals surface area contributed by atoms with E-state index in [9.17, 15) is 13.2 Å². The molecule has 1 aromatic rings. The van der Waals surface area contributed by atoms with Gasteiger partial charge in [0.05, 0.1) is 0 Å². The van der Waals surface area contributed by atoms with Crippen LogP contribution in [0.4, 0.5) is 18.9 Å². The lowest BCUT2D eigenvalue weighted by molar-refractivity contribution is -0.0327. The van der Waals surface area contributed by atoms with E-state index in [4.69, 9.17) is 0 Å². The van der Waals surface area contributed by atoms with Crippen LogP contribution >= 0.6 is 34.4 Å². The lowest BCUT2D eigenvalue weighted by Crippen LogP contribution is -2.09. The molecule has 1 nitrogen and oxygen atoms in total. The van der Waals surface area contributed by atoms with E-state index in [1.165, 1.54) is 0 Å². The molecule has 0 atom stereocenters. The van der Waals surface area contributed by atoms with Crippen molar-refractivity contribution < 1.29 is 13.2 Å². The van der Waals surface area contributed by atoms with Gasteiger partial charge in [-0.05, 0) is 58.6 Å². The van der Waals surface area contributed by atoms with Crippen molar-refractivity contribution in [2.45, 2.75) is 5.51 Å². The number of hydrogen-bond acceptors (Lipinski definition) is 2. The molecule has 0 aliphatic carbocycles. The van der Waals surface area contributed by atoms with Crippen LogP contribution in [-0.4, -0.2) is 17.8 Å². The number of alkyl halides is 3. The van der Waals surface area contributed by atoms with Gasteiger partial charge in [-0.15, -0.1) is 0 Å². The van der Waals surface area contributed by atoms with E-state index in [0.29, 0.717) is 6.54 Å². The topological polar surface area (TPSA) is 12.0 Å². The van der Waals surface area contributed by atoms with Crippen LogP contribution in [0.5, 0.6) is 0 Å². The summed E-state index contributed by atoms with van der Waals surface area (Å²) in [6.45, 7) is 0.310. The quantitative estimate of drug-likeness (QED) is 0.654. The first-order valence-electron chi connectivity index (χ1n) is 4.17. The van der Waals surface area contributed by atoms with Crippen LogP contribution in [-0.2, 0) is 0 Å². The molecule has 0 unspecified atom stereocenters. The van der Waals surface area contributed by atoms with Crippen molar-refractivity contribution in [3.63, 3.8) is 0 Å². The first-order valence-corrected chi connectivity index (χ1v) is 6.24. The Balaban J connectivity index is 2.23. The average molecular weight is 347 g/mol. The van der Waals surface area contributed by atoms with Crippen molar-refractivity contribution in [3.05, 3.63) is 27.8 Å². The molecule has 0 aromatic heterocycles. The Morgan fingerprint density at radius 3 is 2.33 bits per heavy atom. The molecule has 0 amide bonds. The van der Waals surface area contributed by atoms with Gasteiger partial charge in [-0.3, -0.25) is 0 Å². The third-order valence-electron chi connectivity index (χ3n) is 1.54. The molecule has 6 heteroatoms. The second kappa shape index (κ2) is 5.83. The predicted molar refractivity (Wildman–Crippen MR) is 66.2 cm³/mol. The zero-order valence-electron chi connectivity index (χ0n) is 7.64. The lowest BCUT2D eigenvalue weighted by Gasteiger charge is -2.07. The van der Waals surface area contributed by atoms with Gasteiger partial charge in [0, 0.05) is 21.6 Å². The molecule has 0 aliphatic rings. The summed E-state index contributed by atoms with van der Waals surface area (Å²) in [6, 6.07) is 7.50. The van der Waals surface area contributed by atoms with Crippen molar-refractivity contribution in [3.8, 4) is 0 Å². The van der Waals surface area contributed by atoms with Crippen LogP contribution in [0.2, 0.25) is 0 Å². The number of anilines is 1. The van der Waals surface area contributed by atoms with E-state index >= 15 is 0 Å². The van der Waals surface area contributed by atoms with Crippen LogP contribution in [0.25, 0.3) is 0 Å². The Kier molecular flexibility index (Phi) is 5.04. The number of thioether (sulfide) groups is 1. The highest BCUT2D eigenvalue weighted by Gasteiger charge is 2.27. The summed E-state index contributed by atoms with van der Waals surface area (Å²) in [4.78, 5) is 0. The molecule has 0 fully saturated rings. The predicted octanol–water partition coefficient (Wildman–Crippen LogP) is 3.96. The third-order valence-corrected chi connectivity index (χ3v) is 3.00. The average Bonchev–Trinajstić information content (AvgIpc) is 2.14. The zero-order chi connectivity index (χ0) is 11.3. The van der Waals surface area contributed by atoms with Crippen LogP contribution in [0.15, 0.2) is 24.3 Å². The monoisotopic (exact) mass is 347 g/mol. The van der Waals surface area contributed by atoms with Crippen molar-refractivity contribution >= 4 is 40.0 Å². The SMILES string of the molecule is FC(F)(F)SCCNc1ccc(I)cc1. The maximum Gasteiger partial charge on any atom is 0.441 e. The number of nitrogens with one attached hydrogen (secondary N) is 1. The van der Waals surface area contributed by atoms with Crippen LogP contribution < -0.4 is 5.32 Å². The highest BCUT2D eigenvalue weighted by molar-refractivity contribution is 14.1. The summed E-state index contributed by atoms with van der Waals surface area (Å²) in [6.07, 6.45) is 0. The summed E-state index contributed by atoms with van der Waals surface area (Å²) in [5.41, 5.74) is -3.29. The second-order valence-electron chi connectivity index (χ2n) is 2.73. The number of rotatable bonds is 4. The van der Waals surface area contributed by atoms with Gasteiger partial charge in [0.25, 0.3) is 0 Å². The second-order valence-corrected chi connectivity index (χ2v) is 5.13. The van der Waals surface area contributed by atoms with Gasteiger partial charge in [-0.2, -0.15) is 13.2 Å². The minimum atomic E-state index is -4.13. The van der Waals surface area contributed by atoms with Gasteiger partial charge in [-0.1, -0.05) is 0 Å². The molecule has 0 spiro atoms. The third kappa shape index (κ3) is 6.14. The molecular weight excluding hydrogens is 338 g/mol. The largest absolute Gasteiger partial charge is 0.441 e. The number of hydrogen-bond donors (Lipinski definition) is 1. The Morgan fingerprint density at radius 1 is 1.20 bits per heavy atom. The normalized spacial score (nSPS) is 11.5. The summed E-state index contributed by atoms with van der Waals surface area (Å²) in [5, 5.41) is 2.92. The molecule has 84 valence electrons. The standard InChI is InChI=1S/C9H9F3INS/c10-9(11,12)15-6-5-14-8-3-1-7(13)2-4-8/h1-4,14H,5-6H2. The van der Waals surface area contributed by atoms with Crippen molar-refractivity contribution in [2.75, 3.05) is 17.6 Å². The molecule has 1 N–H and O–H groups in total. The number of benzene rings is 1. The molecule has 0 radical (unpaired) electrons. The molecule has 1 rings (SSSR count). The highest BCUT2D eigenvalue weighted by atomic mass is 127. The maximum atomic E-state index is 11.8. The van der Waals surface area contributed by atoms with Gasteiger partial charge < -0.3 is 5.32 Å². The summed E-state index contributed by atoms with van der Waals surface area (Å²) >= 11 is 2.16. The fourth-order valence-corrected chi connectivity index (χ4v) is 1.73. The number of halogens is 4. The van der Waals surface area contributed by atoms with Gasteiger partial charge in [0.2, 0.25) is 0 Å². The van der Waals surface area contributed by atoms with Crippen molar-refractivity contribution in [2.24, 2.45) is 0 Å². The Bertz CT molecular complexity index is 299. The zero-order valence-corrected chi connectivity index (χ0v) is 10.6. The van der Waals surface area contributed by atoms with Crippen LogP contribution in [0, 0.1) is 3.57 Å². The van der Waals surface area contributed by atoms with E-state index in [1.807, 2.05) is 24.3 Å². The first-order chi connectivity index (χ1) is 6.97. The molecule has 1 aromatic carbocycles. The van der Waals surface area contributed by atoms with E-state index in [-0.39, 0.29) is 17.5 Å². The van der Waals surface area contributed by atoms with Gasteiger partial charge in [-0.25, -0.2) is 0 Å². The molecule has 0 saturated carbocycles. The lowest BCUT2D eigenvalue weighted by atomic mass is 10.3. The Hall–Kier alpha value is -0.110. The van der Waals surface area contributed by atoms with Crippen LogP contribution in [0.1, 0.15) is 0 Å². The first kappa shape index (κ1) is 13.0. The van der Waals surface area contributed by atoms with Gasteiger partial charge >= 0.3 is 5.51 Å². The molecule has 15 heavy (non-hydrogen) atoms. The van der Waals surface area contributed by atoms with Gasteiger partial charge in [0.15, 0.2) is 0 Å².